The Morgan fingerprint density at radius 1 is 1.37 bits per heavy atom. The number of rotatable bonds is 6. The highest BCUT2D eigenvalue weighted by Crippen LogP contribution is 2.23. The molecule has 0 aromatic carbocycles. The number of hydrogen-bond acceptors (Lipinski definition) is 7. The van der Waals surface area contributed by atoms with Crippen molar-refractivity contribution in [1.29, 1.82) is 0 Å². The Bertz CT molecular complexity index is 1070. The lowest BCUT2D eigenvalue weighted by atomic mass is 10.4. The Kier molecular flexibility index (Phi) is 5.37. The monoisotopic (exact) mass is 365 g/mol. The minimum Gasteiger partial charge on any atom is -0.459 e. The van der Waals surface area contributed by atoms with Crippen molar-refractivity contribution in [2.75, 3.05) is 12.3 Å². The first-order valence-electron chi connectivity index (χ1n) is 8.05. The van der Waals surface area contributed by atoms with Crippen LogP contribution in [0.4, 0.5) is 10.3 Å². The van der Waals surface area contributed by atoms with Gasteiger partial charge < -0.3 is 15.0 Å². The molecule has 2 N–H and O–H groups in total. The Morgan fingerprint density at radius 2 is 2.22 bits per heavy atom. The molecular formula is C18H16FN7O. The molecule has 0 bridgehead atoms. The van der Waals surface area contributed by atoms with E-state index in [1.54, 1.807) is 18.5 Å². The van der Waals surface area contributed by atoms with Gasteiger partial charge in [0, 0.05) is 18.8 Å². The molecule has 0 spiro atoms. The van der Waals surface area contributed by atoms with Crippen LogP contribution in [0.2, 0.25) is 0 Å². The van der Waals surface area contributed by atoms with E-state index in [2.05, 4.69) is 30.8 Å². The van der Waals surface area contributed by atoms with Gasteiger partial charge in [-0.1, -0.05) is 5.92 Å². The highest BCUT2D eigenvalue weighted by Gasteiger charge is 2.15. The van der Waals surface area contributed by atoms with Crippen LogP contribution >= 0.6 is 0 Å². The van der Waals surface area contributed by atoms with Crippen LogP contribution in [0.25, 0.3) is 22.7 Å². The minimum absolute atomic E-state index is 0.0902. The molecule has 0 fully saturated rings. The summed E-state index contributed by atoms with van der Waals surface area (Å²) >= 11 is 0. The number of fused-ring (bicyclic) bond motifs is 1. The summed E-state index contributed by atoms with van der Waals surface area (Å²) in [6.07, 6.45) is 11.8. The fraction of sp³-hybridized carbons (Fsp3) is 0.167. The molecule has 9 heteroatoms. The molecule has 0 saturated carbocycles. The summed E-state index contributed by atoms with van der Waals surface area (Å²) in [5.74, 6) is 2.33. The Labute approximate surface area is 154 Å². The van der Waals surface area contributed by atoms with E-state index in [1.165, 1.54) is 12.2 Å². The molecule has 0 amide bonds. The predicted octanol–water partition coefficient (Wildman–Crippen LogP) is 2.31. The smallest absolute Gasteiger partial charge is 0.318 e. The number of terminal acetylenes is 1. The summed E-state index contributed by atoms with van der Waals surface area (Å²) in [5, 5.41) is 0. The number of ether oxygens (including phenoxy) is 1. The highest BCUT2D eigenvalue weighted by atomic mass is 19.1. The van der Waals surface area contributed by atoms with Crippen LogP contribution in [0.5, 0.6) is 6.01 Å². The number of nitrogens with zero attached hydrogens (tertiary/aromatic N) is 6. The van der Waals surface area contributed by atoms with Crippen LogP contribution in [0, 0.1) is 12.3 Å². The number of nitrogens with two attached hydrogens (primary N) is 1. The Hall–Kier alpha value is -3.80. The Morgan fingerprint density at radius 3 is 2.96 bits per heavy atom. The van der Waals surface area contributed by atoms with E-state index in [0.717, 1.165) is 6.08 Å². The van der Waals surface area contributed by atoms with Crippen molar-refractivity contribution in [3.8, 4) is 29.9 Å². The van der Waals surface area contributed by atoms with Crippen molar-refractivity contribution in [1.82, 2.24) is 29.5 Å². The van der Waals surface area contributed by atoms with Gasteiger partial charge in [0.15, 0.2) is 11.5 Å². The molecule has 8 nitrogen and oxygen atoms in total. The molecule has 0 aliphatic carbocycles. The molecule has 3 heterocycles. The van der Waals surface area contributed by atoms with Crippen molar-refractivity contribution in [2.24, 2.45) is 0 Å². The van der Waals surface area contributed by atoms with Crippen LogP contribution < -0.4 is 10.5 Å². The molecule has 3 aromatic rings. The number of anilines is 1. The van der Waals surface area contributed by atoms with Crippen molar-refractivity contribution >= 4 is 17.1 Å². The number of hydrogen-bond donors (Lipinski definition) is 1. The van der Waals surface area contributed by atoms with Crippen LogP contribution in [-0.2, 0) is 6.54 Å². The van der Waals surface area contributed by atoms with Crippen molar-refractivity contribution in [3.05, 3.63) is 42.5 Å². The van der Waals surface area contributed by atoms with E-state index in [1.807, 2.05) is 11.5 Å². The zero-order valence-electron chi connectivity index (χ0n) is 14.5. The zero-order chi connectivity index (χ0) is 19.2. The van der Waals surface area contributed by atoms with Crippen molar-refractivity contribution in [3.63, 3.8) is 0 Å². The summed E-state index contributed by atoms with van der Waals surface area (Å²) < 4.78 is 20.4. The topological polar surface area (TPSA) is 105 Å². The summed E-state index contributed by atoms with van der Waals surface area (Å²) in [6.45, 7) is 2.65. The van der Waals surface area contributed by atoms with E-state index in [0.29, 0.717) is 29.2 Å². The number of halogens is 1. The second kappa shape index (κ2) is 8.05. The molecule has 0 unspecified atom stereocenters. The third-order valence-corrected chi connectivity index (χ3v) is 3.49. The normalized spacial score (nSPS) is 11.8. The van der Waals surface area contributed by atoms with Crippen LogP contribution in [-0.4, -0.2) is 36.1 Å². The largest absolute Gasteiger partial charge is 0.459 e. The SMILES string of the molecule is C#C/C=C(F)\C=C/COc1ncc2nc(-c3ccnc(N)n3)n(CC)c2n1. The Balaban J connectivity index is 1.87. The van der Waals surface area contributed by atoms with Crippen LogP contribution in [0.3, 0.4) is 0 Å². The molecule has 0 aliphatic rings. The number of aryl methyl sites for hydroxylation is 1. The lowest BCUT2D eigenvalue weighted by Crippen LogP contribution is -2.03. The molecule has 27 heavy (non-hydrogen) atoms. The first kappa shape index (κ1) is 18.0. The second-order valence-electron chi connectivity index (χ2n) is 5.25. The molecule has 0 radical (unpaired) electrons. The minimum atomic E-state index is -0.532. The number of nitrogen functional groups attached to an aromatic ring is 1. The number of allylic oxidation sites excluding steroid dienone is 3. The molecule has 0 aliphatic heterocycles. The fourth-order valence-corrected chi connectivity index (χ4v) is 2.38. The summed E-state index contributed by atoms with van der Waals surface area (Å²) in [4.78, 5) is 21.1. The van der Waals surface area contributed by atoms with Gasteiger partial charge in [-0.25, -0.2) is 24.3 Å². The van der Waals surface area contributed by atoms with Crippen molar-refractivity contribution in [2.45, 2.75) is 13.5 Å². The first-order valence-corrected chi connectivity index (χ1v) is 8.05. The summed E-state index contributed by atoms with van der Waals surface area (Å²) in [6, 6.07) is 1.87. The predicted molar refractivity (Wildman–Crippen MR) is 99.1 cm³/mol. The third kappa shape index (κ3) is 4.07. The van der Waals surface area contributed by atoms with E-state index in [9.17, 15) is 4.39 Å². The summed E-state index contributed by atoms with van der Waals surface area (Å²) in [7, 11) is 0. The fourth-order valence-electron chi connectivity index (χ4n) is 2.38. The van der Waals surface area contributed by atoms with Gasteiger partial charge in [-0.2, -0.15) is 4.98 Å². The third-order valence-electron chi connectivity index (χ3n) is 3.49. The standard InChI is InChI=1S/C18H16FN7O/c1-3-6-12(19)7-5-10-27-18-22-11-14-16(25-18)26(4-2)15(23-14)13-8-9-21-17(20)24-13/h1,5-9,11H,4,10H2,2H3,(H2,20,21,24)/b7-5-,12-6+. The van der Waals surface area contributed by atoms with Gasteiger partial charge in [0.2, 0.25) is 5.95 Å². The van der Waals surface area contributed by atoms with Gasteiger partial charge in [0.1, 0.15) is 23.6 Å². The molecule has 0 saturated heterocycles. The molecular weight excluding hydrogens is 349 g/mol. The van der Waals surface area contributed by atoms with Gasteiger partial charge in [-0.3, -0.25) is 0 Å². The lowest BCUT2D eigenvalue weighted by molar-refractivity contribution is 0.333. The lowest BCUT2D eigenvalue weighted by Gasteiger charge is -2.05. The van der Waals surface area contributed by atoms with Gasteiger partial charge in [-0.05, 0) is 25.1 Å². The molecule has 3 aromatic heterocycles. The van der Waals surface area contributed by atoms with Gasteiger partial charge in [-0.15, -0.1) is 6.42 Å². The summed E-state index contributed by atoms with van der Waals surface area (Å²) in [5.41, 5.74) is 7.43. The zero-order valence-corrected chi connectivity index (χ0v) is 14.5. The maximum absolute atomic E-state index is 13.1. The molecule has 3 rings (SSSR count). The first-order chi connectivity index (χ1) is 13.1. The highest BCUT2D eigenvalue weighted by molar-refractivity contribution is 5.76. The second-order valence-corrected chi connectivity index (χ2v) is 5.25. The van der Waals surface area contributed by atoms with E-state index in [4.69, 9.17) is 16.9 Å². The van der Waals surface area contributed by atoms with E-state index < -0.39 is 5.83 Å². The quantitative estimate of drug-likeness (QED) is 0.528. The van der Waals surface area contributed by atoms with Crippen LogP contribution in [0.1, 0.15) is 6.92 Å². The maximum atomic E-state index is 13.1. The van der Waals surface area contributed by atoms with Gasteiger partial charge >= 0.3 is 6.01 Å². The molecule has 0 atom stereocenters. The molecule has 136 valence electrons. The van der Waals surface area contributed by atoms with Gasteiger partial charge in [0.05, 0.1) is 6.20 Å². The van der Waals surface area contributed by atoms with E-state index in [-0.39, 0.29) is 18.6 Å². The number of imidazole rings is 1. The number of aromatic nitrogens is 6. The van der Waals surface area contributed by atoms with Crippen molar-refractivity contribution < 1.29 is 9.13 Å². The van der Waals surface area contributed by atoms with E-state index >= 15 is 0 Å². The maximum Gasteiger partial charge on any atom is 0.318 e. The van der Waals surface area contributed by atoms with Gasteiger partial charge in [0.25, 0.3) is 0 Å². The average Bonchev–Trinajstić information content (AvgIpc) is 3.03. The van der Waals surface area contributed by atoms with Crippen LogP contribution in [0.15, 0.2) is 42.5 Å². The average molecular weight is 365 g/mol.